The van der Waals surface area contributed by atoms with Gasteiger partial charge < -0.3 is 20.5 Å². The first kappa shape index (κ1) is 19.0. The van der Waals surface area contributed by atoms with Crippen LogP contribution in [0, 0.1) is 0 Å². The third-order valence-electron chi connectivity index (χ3n) is 4.20. The first-order valence-corrected chi connectivity index (χ1v) is 10.0. The molecule has 4 N–H and O–H groups in total. The summed E-state index contributed by atoms with van der Waals surface area (Å²) in [6.45, 7) is 2.94. The van der Waals surface area contributed by atoms with Gasteiger partial charge in [0.2, 0.25) is 10.0 Å². The molecule has 0 saturated heterocycles. The number of unbranched alkanes of at least 4 members (excludes halogenated alkanes) is 1. The van der Waals surface area contributed by atoms with Crippen LogP contribution in [0.1, 0.15) is 30.1 Å². The Balaban J connectivity index is 2.00. The summed E-state index contributed by atoms with van der Waals surface area (Å²) in [6, 6.07) is 7.85. The molecular weight excluding hydrogens is 370 g/mol. The van der Waals surface area contributed by atoms with Crippen molar-refractivity contribution in [1.29, 1.82) is 0 Å². The van der Waals surface area contributed by atoms with Crippen molar-refractivity contribution in [2.45, 2.75) is 24.7 Å². The van der Waals surface area contributed by atoms with Gasteiger partial charge in [-0.15, -0.1) is 0 Å². The Hall–Kier alpha value is -2.78. The van der Waals surface area contributed by atoms with Gasteiger partial charge in [-0.2, -0.15) is 0 Å². The Kier molecular flexibility index (Phi) is 5.24. The van der Waals surface area contributed by atoms with Crippen LogP contribution in [0.25, 0.3) is 0 Å². The third kappa shape index (κ3) is 3.83. The second-order valence-corrected chi connectivity index (χ2v) is 7.96. The Morgan fingerprint density at radius 1 is 1.22 bits per heavy atom. The smallest absolute Gasteiger partial charge is 0.338 e. The number of hydrogen-bond donors (Lipinski definition) is 4. The number of sulfonamides is 1. The molecule has 1 aliphatic rings. The molecule has 0 fully saturated rings. The number of anilines is 3. The Labute approximate surface area is 157 Å². The van der Waals surface area contributed by atoms with Crippen molar-refractivity contribution in [1.82, 2.24) is 4.72 Å². The molecule has 0 atom stereocenters. The van der Waals surface area contributed by atoms with Crippen LogP contribution in [0.5, 0.6) is 11.5 Å². The van der Waals surface area contributed by atoms with Crippen molar-refractivity contribution in [3.8, 4) is 11.5 Å². The van der Waals surface area contributed by atoms with Crippen molar-refractivity contribution < 1.29 is 23.1 Å². The highest BCUT2D eigenvalue weighted by Crippen LogP contribution is 2.45. The molecule has 0 saturated carbocycles. The molecule has 9 heteroatoms. The summed E-state index contributed by atoms with van der Waals surface area (Å²) in [4.78, 5) is 11.5. The zero-order valence-electron chi connectivity index (χ0n) is 15.0. The predicted octanol–water partition coefficient (Wildman–Crippen LogP) is 3.35. The molecule has 0 radical (unpaired) electrons. The average Bonchev–Trinajstić information content (AvgIpc) is 2.65. The Morgan fingerprint density at radius 2 is 2.00 bits per heavy atom. The number of ether oxygens (including phenoxy) is 1. The molecule has 0 unspecified atom stereocenters. The standard InChI is InChI=1S/C18H21N3O5S/c1-3-4-7-20-11-5-6-15-14(8-11)21-17-13(18(22)23)9-12(10-16(17)26-15)27(24,25)19-2/h5-6,8-10,19-21H,3-4,7H2,1-2H3,(H,22,23). The topological polar surface area (TPSA) is 117 Å². The van der Waals surface area contributed by atoms with Gasteiger partial charge >= 0.3 is 5.97 Å². The minimum atomic E-state index is -3.82. The molecule has 0 aromatic heterocycles. The molecule has 1 aliphatic heterocycles. The van der Waals surface area contributed by atoms with Gasteiger partial charge in [-0.1, -0.05) is 13.3 Å². The molecule has 1 heterocycles. The zero-order valence-corrected chi connectivity index (χ0v) is 15.8. The average molecular weight is 391 g/mol. The molecular formula is C18H21N3O5S. The van der Waals surface area contributed by atoms with Crippen molar-refractivity contribution in [3.63, 3.8) is 0 Å². The van der Waals surface area contributed by atoms with E-state index < -0.39 is 16.0 Å². The lowest BCUT2D eigenvalue weighted by molar-refractivity contribution is 0.0697. The molecule has 2 aromatic carbocycles. The normalized spacial score (nSPS) is 12.4. The van der Waals surface area contributed by atoms with E-state index in [2.05, 4.69) is 22.3 Å². The fraction of sp³-hybridized carbons (Fsp3) is 0.278. The number of aromatic carboxylic acids is 1. The summed E-state index contributed by atoms with van der Waals surface area (Å²) in [5.74, 6) is -0.627. The maximum absolute atomic E-state index is 12.1. The molecule has 0 spiro atoms. The number of carboxylic acid groups (broad SMARTS) is 1. The van der Waals surface area contributed by atoms with E-state index in [1.807, 2.05) is 12.1 Å². The minimum absolute atomic E-state index is 0.142. The number of hydrogen-bond acceptors (Lipinski definition) is 6. The summed E-state index contributed by atoms with van der Waals surface area (Å²) in [7, 11) is -2.56. The van der Waals surface area contributed by atoms with Crippen LogP contribution in [0.4, 0.5) is 17.1 Å². The van der Waals surface area contributed by atoms with E-state index in [0.717, 1.165) is 31.1 Å². The zero-order chi connectivity index (χ0) is 19.6. The van der Waals surface area contributed by atoms with Gasteiger partial charge in [0.1, 0.15) is 0 Å². The Morgan fingerprint density at radius 3 is 2.67 bits per heavy atom. The highest BCUT2D eigenvalue weighted by Gasteiger charge is 2.26. The summed E-state index contributed by atoms with van der Waals surface area (Å²) in [5.41, 5.74) is 1.52. The van der Waals surface area contributed by atoms with E-state index in [9.17, 15) is 18.3 Å². The van der Waals surface area contributed by atoms with Crippen LogP contribution in [-0.2, 0) is 10.0 Å². The van der Waals surface area contributed by atoms with Crippen molar-refractivity contribution >= 4 is 33.1 Å². The van der Waals surface area contributed by atoms with Gasteiger partial charge in [0.05, 0.1) is 21.8 Å². The lowest BCUT2D eigenvalue weighted by Gasteiger charge is -2.24. The Bertz CT molecular complexity index is 989. The predicted molar refractivity (Wildman–Crippen MR) is 103 cm³/mol. The van der Waals surface area contributed by atoms with Gasteiger partial charge in [-0.05, 0) is 37.7 Å². The van der Waals surface area contributed by atoms with E-state index in [-0.39, 0.29) is 21.9 Å². The fourth-order valence-corrected chi connectivity index (χ4v) is 3.50. The monoisotopic (exact) mass is 391 g/mol. The number of fused-ring (bicyclic) bond motifs is 2. The van der Waals surface area contributed by atoms with E-state index in [4.69, 9.17) is 4.74 Å². The molecule has 3 rings (SSSR count). The molecule has 2 aromatic rings. The van der Waals surface area contributed by atoms with Gasteiger partial charge in [0.25, 0.3) is 0 Å². The number of nitrogens with one attached hydrogen (secondary N) is 3. The fourth-order valence-electron chi connectivity index (χ4n) is 2.73. The van der Waals surface area contributed by atoms with Crippen LogP contribution in [0.2, 0.25) is 0 Å². The molecule has 27 heavy (non-hydrogen) atoms. The van der Waals surface area contributed by atoms with Crippen molar-refractivity contribution in [2.75, 3.05) is 24.2 Å². The van der Waals surface area contributed by atoms with Gasteiger partial charge in [-0.3, -0.25) is 0 Å². The van der Waals surface area contributed by atoms with Crippen molar-refractivity contribution in [3.05, 3.63) is 35.9 Å². The number of carbonyl (C=O) groups is 1. The molecule has 0 aliphatic carbocycles. The second-order valence-electron chi connectivity index (χ2n) is 6.08. The summed E-state index contributed by atoms with van der Waals surface area (Å²) < 4.78 is 32.1. The van der Waals surface area contributed by atoms with Gasteiger partial charge in [0, 0.05) is 18.3 Å². The van der Waals surface area contributed by atoms with Crippen LogP contribution >= 0.6 is 0 Å². The second kappa shape index (κ2) is 7.45. The number of rotatable bonds is 7. The SMILES string of the molecule is CCCCNc1ccc2c(c1)Nc1c(cc(S(=O)(=O)NC)cc1C(=O)O)O2. The lowest BCUT2D eigenvalue weighted by Crippen LogP contribution is -2.20. The maximum Gasteiger partial charge on any atom is 0.338 e. The summed E-state index contributed by atoms with van der Waals surface area (Å²) in [6.07, 6.45) is 2.11. The minimum Gasteiger partial charge on any atom is -0.478 e. The highest BCUT2D eigenvalue weighted by atomic mass is 32.2. The van der Waals surface area contributed by atoms with Crippen LogP contribution in [-0.4, -0.2) is 33.1 Å². The lowest BCUT2D eigenvalue weighted by atomic mass is 10.1. The quantitative estimate of drug-likeness (QED) is 0.456. The molecule has 0 bridgehead atoms. The molecule has 144 valence electrons. The van der Waals surface area contributed by atoms with Crippen LogP contribution in [0.15, 0.2) is 35.2 Å². The largest absolute Gasteiger partial charge is 0.478 e. The number of benzene rings is 2. The summed E-state index contributed by atoms with van der Waals surface area (Å²) in [5, 5.41) is 15.9. The van der Waals surface area contributed by atoms with E-state index in [0.29, 0.717) is 11.4 Å². The van der Waals surface area contributed by atoms with Crippen LogP contribution in [0.3, 0.4) is 0 Å². The van der Waals surface area contributed by atoms with Gasteiger partial charge in [-0.25, -0.2) is 17.9 Å². The van der Waals surface area contributed by atoms with E-state index in [1.54, 1.807) is 6.07 Å². The van der Waals surface area contributed by atoms with E-state index >= 15 is 0 Å². The molecule has 0 amide bonds. The van der Waals surface area contributed by atoms with Crippen molar-refractivity contribution in [2.24, 2.45) is 0 Å². The first-order chi connectivity index (χ1) is 12.9. The first-order valence-electron chi connectivity index (χ1n) is 8.53. The van der Waals surface area contributed by atoms with Gasteiger partial charge in [0.15, 0.2) is 11.5 Å². The summed E-state index contributed by atoms with van der Waals surface area (Å²) >= 11 is 0. The van der Waals surface area contributed by atoms with E-state index in [1.165, 1.54) is 13.1 Å². The molecule has 8 nitrogen and oxygen atoms in total. The van der Waals surface area contributed by atoms with Crippen LogP contribution < -0.4 is 20.1 Å². The maximum atomic E-state index is 12.1. The third-order valence-corrected chi connectivity index (χ3v) is 5.60. The number of carboxylic acids is 1. The highest BCUT2D eigenvalue weighted by molar-refractivity contribution is 7.89.